The molecule has 0 bridgehead atoms. The Morgan fingerprint density at radius 3 is 1.88 bits per heavy atom. The lowest BCUT2D eigenvalue weighted by Gasteiger charge is -2.14. The minimum absolute atomic E-state index is 0.281. The second kappa shape index (κ2) is 2.21. The molecule has 0 spiro atoms. The highest BCUT2D eigenvalue weighted by atomic mass is 16.1. The number of carbonyl (C=O) groups is 1. The Bertz CT molecular complexity index is 93.9. The number of hydrogen-bond donors (Lipinski definition) is 3. The molecule has 0 saturated carbocycles. The fraction of sp³-hybridized carbons (Fsp3) is 0.750. The average Bonchev–Trinajstić information content (AvgIpc) is 1.62. The quantitative estimate of drug-likeness (QED) is 0.383. The van der Waals surface area contributed by atoms with Crippen molar-refractivity contribution in [2.45, 2.75) is 19.1 Å². The van der Waals surface area contributed by atoms with E-state index in [1.165, 1.54) is 0 Å². The number of ketones is 1. The molecule has 0 amide bonds. The van der Waals surface area contributed by atoms with E-state index in [2.05, 4.69) is 0 Å². The summed E-state index contributed by atoms with van der Waals surface area (Å²) in [6.07, 6.45) is 0.281. The normalized spacial score (nSPS) is 11.5. The van der Waals surface area contributed by atoms with E-state index in [0.717, 1.165) is 0 Å². The second-order valence-electron chi connectivity index (χ2n) is 1.71. The fourth-order valence-electron chi connectivity index (χ4n) is 0.306. The molecule has 6 N–H and O–H groups in total. The van der Waals surface area contributed by atoms with Gasteiger partial charge in [-0.15, -0.1) is 0 Å². The molecule has 0 heterocycles. The summed E-state index contributed by atoms with van der Waals surface area (Å²) >= 11 is 0. The van der Waals surface area contributed by atoms with E-state index in [9.17, 15) is 4.79 Å². The smallest absolute Gasteiger partial charge is 0.181 e. The molecule has 4 heteroatoms. The Labute approximate surface area is 48.0 Å². The molecule has 0 rings (SSSR count). The van der Waals surface area contributed by atoms with E-state index in [-0.39, 0.29) is 12.2 Å². The maximum atomic E-state index is 10.5. The van der Waals surface area contributed by atoms with E-state index < -0.39 is 5.79 Å². The number of carbonyl (C=O) groups excluding carboxylic acids is 1. The lowest BCUT2D eigenvalue weighted by atomic mass is 10.2. The van der Waals surface area contributed by atoms with Crippen LogP contribution < -0.4 is 17.2 Å². The van der Waals surface area contributed by atoms with Gasteiger partial charge in [0.25, 0.3) is 0 Å². The molecule has 0 saturated heterocycles. The molecule has 0 aromatic carbocycles. The fourth-order valence-corrected chi connectivity index (χ4v) is 0.306. The van der Waals surface area contributed by atoms with E-state index >= 15 is 0 Å². The SMILES string of the molecule is CCC(=O)C(N)(N)N. The summed E-state index contributed by atoms with van der Waals surface area (Å²) in [6, 6.07) is 0. The summed E-state index contributed by atoms with van der Waals surface area (Å²) in [5.74, 6) is -1.97. The molecule has 0 atom stereocenters. The van der Waals surface area contributed by atoms with Crippen molar-refractivity contribution in [1.82, 2.24) is 0 Å². The van der Waals surface area contributed by atoms with Gasteiger partial charge in [0.15, 0.2) is 11.6 Å². The zero-order valence-electron chi connectivity index (χ0n) is 4.85. The van der Waals surface area contributed by atoms with Crippen LogP contribution in [0.25, 0.3) is 0 Å². The van der Waals surface area contributed by atoms with Gasteiger partial charge in [-0.25, -0.2) is 0 Å². The van der Waals surface area contributed by atoms with Crippen molar-refractivity contribution in [3.05, 3.63) is 0 Å². The number of hydrogen-bond acceptors (Lipinski definition) is 4. The monoisotopic (exact) mass is 117 g/mol. The van der Waals surface area contributed by atoms with Crippen molar-refractivity contribution in [2.24, 2.45) is 17.2 Å². The molecule has 0 aromatic heterocycles. The largest absolute Gasteiger partial charge is 0.295 e. The maximum Gasteiger partial charge on any atom is 0.181 e. The lowest BCUT2D eigenvalue weighted by molar-refractivity contribution is -0.123. The first-order chi connectivity index (χ1) is 3.48. The Balaban J connectivity index is 3.82. The molecular weight excluding hydrogens is 106 g/mol. The third-order valence-corrected chi connectivity index (χ3v) is 0.804. The van der Waals surface area contributed by atoms with Gasteiger partial charge in [-0.2, -0.15) is 0 Å². The van der Waals surface area contributed by atoms with Crippen molar-refractivity contribution < 1.29 is 4.79 Å². The Kier molecular flexibility index (Phi) is 2.09. The molecule has 0 radical (unpaired) electrons. The van der Waals surface area contributed by atoms with Crippen LogP contribution in [0.5, 0.6) is 0 Å². The van der Waals surface area contributed by atoms with Crippen molar-refractivity contribution in [3.63, 3.8) is 0 Å². The summed E-state index contributed by atoms with van der Waals surface area (Å²) in [5, 5.41) is 0. The summed E-state index contributed by atoms with van der Waals surface area (Å²) in [4.78, 5) is 10.5. The van der Waals surface area contributed by atoms with Gasteiger partial charge in [0.2, 0.25) is 0 Å². The zero-order chi connectivity index (χ0) is 6.78. The predicted molar refractivity (Wildman–Crippen MR) is 30.6 cm³/mol. The van der Waals surface area contributed by atoms with Crippen molar-refractivity contribution in [3.8, 4) is 0 Å². The lowest BCUT2D eigenvalue weighted by Crippen LogP contribution is -2.63. The van der Waals surface area contributed by atoms with E-state index in [1.54, 1.807) is 6.92 Å². The van der Waals surface area contributed by atoms with Crippen LogP contribution in [0.3, 0.4) is 0 Å². The first kappa shape index (κ1) is 7.55. The van der Waals surface area contributed by atoms with Crippen LogP contribution in [0.2, 0.25) is 0 Å². The molecular formula is C4H11N3O. The average molecular weight is 117 g/mol. The van der Waals surface area contributed by atoms with Crippen LogP contribution in [-0.2, 0) is 4.79 Å². The molecule has 0 fully saturated rings. The molecule has 0 aliphatic heterocycles. The Morgan fingerprint density at radius 1 is 1.50 bits per heavy atom. The van der Waals surface area contributed by atoms with Gasteiger partial charge >= 0.3 is 0 Å². The van der Waals surface area contributed by atoms with Gasteiger partial charge < -0.3 is 0 Å². The molecule has 8 heavy (non-hydrogen) atoms. The van der Waals surface area contributed by atoms with Gasteiger partial charge in [-0.05, 0) is 0 Å². The minimum Gasteiger partial charge on any atom is -0.295 e. The highest BCUT2D eigenvalue weighted by Crippen LogP contribution is 1.85. The minimum atomic E-state index is -1.63. The number of Topliss-reactive ketones (excluding diaryl/α,β-unsaturated/α-hetero) is 1. The van der Waals surface area contributed by atoms with Crippen LogP contribution in [-0.4, -0.2) is 11.6 Å². The topological polar surface area (TPSA) is 95.1 Å². The van der Waals surface area contributed by atoms with Gasteiger partial charge in [0.1, 0.15) is 0 Å². The van der Waals surface area contributed by atoms with Crippen LogP contribution >= 0.6 is 0 Å². The van der Waals surface area contributed by atoms with E-state index in [1.807, 2.05) is 0 Å². The highest BCUT2D eigenvalue weighted by Gasteiger charge is 2.20. The zero-order valence-corrected chi connectivity index (χ0v) is 4.85. The second-order valence-corrected chi connectivity index (χ2v) is 1.71. The van der Waals surface area contributed by atoms with Gasteiger partial charge in [-0.3, -0.25) is 22.0 Å². The molecule has 4 nitrogen and oxygen atoms in total. The summed E-state index contributed by atoms with van der Waals surface area (Å²) in [5.41, 5.74) is 15.0. The van der Waals surface area contributed by atoms with Crippen LogP contribution in [0.15, 0.2) is 0 Å². The van der Waals surface area contributed by atoms with Gasteiger partial charge in [0, 0.05) is 6.42 Å². The number of rotatable bonds is 2. The molecule has 0 aromatic rings. The maximum absolute atomic E-state index is 10.5. The number of nitrogens with two attached hydrogens (primary N) is 3. The standard InChI is InChI=1S/C4H11N3O/c1-2-3(8)4(5,6)7/h2,5-7H2,1H3. The summed E-state index contributed by atoms with van der Waals surface area (Å²) < 4.78 is 0. The van der Waals surface area contributed by atoms with Gasteiger partial charge in [-0.1, -0.05) is 6.92 Å². The van der Waals surface area contributed by atoms with Gasteiger partial charge in [0.05, 0.1) is 0 Å². The Hall–Kier alpha value is -0.450. The molecule has 48 valence electrons. The Morgan fingerprint density at radius 2 is 1.88 bits per heavy atom. The highest BCUT2D eigenvalue weighted by molar-refractivity contribution is 5.86. The van der Waals surface area contributed by atoms with Crippen LogP contribution in [0, 0.1) is 0 Å². The van der Waals surface area contributed by atoms with E-state index in [4.69, 9.17) is 17.2 Å². The van der Waals surface area contributed by atoms with Crippen LogP contribution in [0.4, 0.5) is 0 Å². The molecule has 0 aliphatic rings. The van der Waals surface area contributed by atoms with E-state index in [0.29, 0.717) is 0 Å². The summed E-state index contributed by atoms with van der Waals surface area (Å²) in [6.45, 7) is 1.66. The van der Waals surface area contributed by atoms with Crippen molar-refractivity contribution in [1.29, 1.82) is 0 Å². The first-order valence-corrected chi connectivity index (χ1v) is 2.38. The van der Waals surface area contributed by atoms with Crippen LogP contribution in [0.1, 0.15) is 13.3 Å². The third kappa shape index (κ3) is 2.02. The van der Waals surface area contributed by atoms with Crippen molar-refractivity contribution >= 4 is 5.78 Å². The molecule has 0 aliphatic carbocycles. The first-order valence-electron chi connectivity index (χ1n) is 2.38. The third-order valence-electron chi connectivity index (χ3n) is 0.804. The predicted octanol–water partition coefficient (Wildman–Crippen LogP) is -1.50. The van der Waals surface area contributed by atoms with Crippen molar-refractivity contribution in [2.75, 3.05) is 0 Å². The summed E-state index contributed by atoms with van der Waals surface area (Å²) in [7, 11) is 0. The molecule has 0 unspecified atom stereocenters.